The summed E-state index contributed by atoms with van der Waals surface area (Å²) in [5.74, 6) is 1.43. The topological polar surface area (TPSA) is 64.6 Å². The summed E-state index contributed by atoms with van der Waals surface area (Å²) >= 11 is 0. The molecule has 1 heterocycles. The van der Waals surface area contributed by atoms with Crippen molar-refractivity contribution in [2.75, 3.05) is 6.79 Å². The van der Waals surface area contributed by atoms with Crippen LogP contribution in [0.1, 0.15) is 36.0 Å². The van der Waals surface area contributed by atoms with Gasteiger partial charge in [-0.15, -0.1) is 0 Å². The molecule has 0 atom stereocenters. The highest BCUT2D eigenvalue weighted by Gasteiger charge is 2.22. The number of benzene rings is 1. The second-order valence-corrected chi connectivity index (χ2v) is 4.85. The van der Waals surface area contributed by atoms with Crippen LogP contribution in [0, 0.1) is 0 Å². The van der Waals surface area contributed by atoms with Gasteiger partial charge < -0.3 is 14.8 Å². The highest BCUT2D eigenvalue weighted by Crippen LogP contribution is 2.32. The van der Waals surface area contributed by atoms with E-state index in [0.717, 1.165) is 12.8 Å². The number of carbonyl (C=O) groups excluding carboxylic acids is 2. The largest absolute Gasteiger partial charge is 0.454 e. The van der Waals surface area contributed by atoms with E-state index in [1.54, 1.807) is 18.2 Å². The molecule has 0 radical (unpaired) electrons. The molecular weight excluding hydrogens is 246 g/mol. The standard InChI is InChI=1S/C14H15NO4/c16-11-4-2-10(3-5-11)15-14(17)9-1-6-12-13(7-9)19-8-18-12/h1,6-7,10H,2-5,8H2,(H,15,17). The van der Waals surface area contributed by atoms with Crippen molar-refractivity contribution in [2.24, 2.45) is 0 Å². The molecule has 2 aliphatic rings. The van der Waals surface area contributed by atoms with Crippen molar-refractivity contribution in [2.45, 2.75) is 31.7 Å². The number of hydrogen-bond acceptors (Lipinski definition) is 4. The maximum atomic E-state index is 12.1. The van der Waals surface area contributed by atoms with Crippen molar-refractivity contribution < 1.29 is 19.1 Å². The number of amides is 1. The van der Waals surface area contributed by atoms with E-state index in [2.05, 4.69) is 5.32 Å². The Morgan fingerprint density at radius 1 is 1.16 bits per heavy atom. The molecule has 1 aromatic rings. The van der Waals surface area contributed by atoms with Crippen LogP contribution in [0.4, 0.5) is 0 Å². The average Bonchev–Trinajstić information content (AvgIpc) is 2.88. The number of ketones is 1. The zero-order chi connectivity index (χ0) is 13.2. The monoisotopic (exact) mass is 261 g/mol. The zero-order valence-corrected chi connectivity index (χ0v) is 10.5. The molecular formula is C14H15NO4. The molecule has 1 amide bonds. The van der Waals surface area contributed by atoms with Gasteiger partial charge in [0.05, 0.1) is 0 Å². The lowest BCUT2D eigenvalue weighted by molar-refractivity contribution is -0.120. The number of nitrogens with one attached hydrogen (secondary N) is 1. The Hall–Kier alpha value is -2.04. The molecule has 1 N–H and O–H groups in total. The molecule has 5 nitrogen and oxygen atoms in total. The van der Waals surface area contributed by atoms with Crippen LogP contribution in [0.25, 0.3) is 0 Å². The number of hydrogen-bond donors (Lipinski definition) is 1. The molecule has 1 aliphatic heterocycles. The maximum absolute atomic E-state index is 12.1. The van der Waals surface area contributed by atoms with Crippen LogP contribution in [-0.2, 0) is 4.79 Å². The lowest BCUT2D eigenvalue weighted by atomic mass is 9.94. The molecule has 1 aliphatic carbocycles. The van der Waals surface area contributed by atoms with E-state index < -0.39 is 0 Å². The summed E-state index contributed by atoms with van der Waals surface area (Å²) in [4.78, 5) is 23.3. The first kappa shape index (κ1) is 12.0. The van der Waals surface area contributed by atoms with Gasteiger partial charge in [-0.25, -0.2) is 0 Å². The minimum Gasteiger partial charge on any atom is -0.454 e. The molecule has 1 saturated carbocycles. The van der Waals surface area contributed by atoms with Gasteiger partial charge in [0.2, 0.25) is 6.79 Å². The van der Waals surface area contributed by atoms with Gasteiger partial charge >= 0.3 is 0 Å². The average molecular weight is 261 g/mol. The molecule has 0 aromatic heterocycles. The van der Waals surface area contributed by atoms with Gasteiger partial charge in [0.1, 0.15) is 5.78 Å². The summed E-state index contributed by atoms with van der Waals surface area (Å²) in [6.45, 7) is 0.200. The summed E-state index contributed by atoms with van der Waals surface area (Å²) in [5.41, 5.74) is 0.557. The van der Waals surface area contributed by atoms with Gasteiger partial charge in [0, 0.05) is 24.4 Å². The Kier molecular flexibility index (Phi) is 3.11. The van der Waals surface area contributed by atoms with Gasteiger partial charge in [0.15, 0.2) is 11.5 Å². The van der Waals surface area contributed by atoms with Crippen molar-refractivity contribution >= 4 is 11.7 Å². The fourth-order valence-corrected chi connectivity index (χ4v) is 2.39. The zero-order valence-electron chi connectivity index (χ0n) is 10.5. The van der Waals surface area contributed by atoms with Crippen LogP contribution in [0.15, 0.2) is 18.2 Å². The molecule has 1 aromatic carbocycles. The molecule has 0 unspecified atom stereocenters. The van der Waals surface area contributed by atoms with E-state index in [4.69, 9.17) is 9.47 Å². The summed E-state index contributed by atoms with van der Waals surface area (Å²) < 4.78 is 10.4. The second kappa shape index (κ2) is 4.91. The normalized spacial score (nSPS) is 18.4. The predicted octanol–water partition coefficient (Wildman–Crippen LogP) is 1.66. The Balaban J connectivity index is 1.65. The van der Waals surface area contributed by atoms with Crippen LogP contribution in [0.5, 0.6) is 11.5 Å². The highest BCUT2D eigenvalue weighted by atomic mass is 16.7. The third-order valence-corrected chi connectivity index (χ3v) is 3.51. The van der Waals surface area contributed by atoms with Crippen LogP contribution < -0.4 is 14.8 Å². The molecule has 19 heavy (non-hydrogen) atoms. The molecule has 100 valence electrons. The molecule has 0 spiro atoms. The van der Waals surface area contributed by atoms with E-state index in [-0.39, 0.29) is 24.5 Å². The molecule has 3 rings (SSSR count). The quantitative estimate of drug-likeness (QED) is 0.879. The van der Waals surface area contributed by atoms with E-state index in [9.17, 15) is 9.59 Å². The fraction of sp³-hybridized carbons (Fsp3) is 0.429. The number of ether oxygens (including phenoxy) is 2. The van der Waals surface area contributed by atoms with E-state index in [1.807, 2.05) is 0 Å². The lowest BCUT2D eigenvalue weighted by Crippen LogP contribution is -2.37. The van der Waals surface area contributed by atoms with Crippen LogP contribution in [0.3, 0.4) is 0 Å². The summed E-state index contributed by atoms with van der Waals surface area (Å²) in [6, 6.07) is 5.24. The predicted molar refractivity (Wildman–Crippen MR) is 67.3 cm³/mol. The number of rotatable bonds is 2. The van der Waals surface area contributed by atoms with Gasteiger partial charge in [-0.2, -0.15) is 0 Å². The van der Waals surface area contributed by atoms with Gasteiger partial charge in [-0.05, 0) is 31.0 Å². The fourth-order valence-electron chi connectivity index (χ4n) is 2.39. The van der Waals surface area contributed by atoms with Crippen LogP contribution in [-0.4, -0.2) is 24.5 Å². The van der Waals surface area contributed by atoms with Crippen molar-refractivity contribution in [1.82, 2.24) is 5.32 Å². The Bertz CT molecular complexity index is 516. The van der Waals surface area contributed by atoms with Gasteiger partial charge in [0.25, 0.3) is 5.91 Å². The third kappa shape index (κ3) is 2.54. The van der Waals surface area contributed by atoms with Crippen molar-refractivity contribution in [3.05, 3.63) is 23.8 Å². The Labute approximate surface area is 110 Å². The minimum absolute atomic E-state index is 0.0932. The Morgan fingerprint density at radius 3 is 2.68 bits per heavy atom. The smallest absolute Gasteiger partial charge is 0.251 e. The third-order valence-electron chi connectivity index (χ3n) is 3.51. The molecule has 5 heteroatoms. The first-order valence-electron chi connectivity index (χ1n) is 6.44. The van der Waals surface area contributed by atoms with Crippen LogP contribution in [0.2, 0.25) is 0 Å². The number of Topliss-reactive ketones (excluding diaryl/α,β-unsaturated/α-hetero) is 1. The number of fused-ring (bicyclic) bond motifs is 1. The van der Waals surface area contributed by atoms with Gasteiger partial charge in [-0.3, -0.25) is 9.59 Å². The van der Waals surface area contributed by atoms with E-state index >= 15 is 0 Å². The number of carbonyl (C=O) groups is 2. The summed E-state index contributed by atoms with van der Waals surface area (Å²) in [5, 5.41) is 2.96. The maximum Gasteiger partial charge on any atom is 0.251 e. The Morgan fingerprint density at radius 2 is 1.89 bits per heavy atom. The van der Waals surface area contributed by atoms with Crippen molar-refractivity contribution in [3.63, 3.8) is 0 Å². The molecule has 1 fully saturated rings. The minimum atomic E-state index is -0.127. The SMILES string of the molecule is O=C1CCC(NC(=O)c2ccc3c(c2)OCO3)CC1. The first-order chi connectivity index (χ1) is 9.22. The molecule has 0 saturated heterocycles. The van der Waals surface area contributed by atoms with E-state index in [0.29, 0.717) is 29.9 Å². The highest BCUT2D eigenvalue weighted by molar-refractivity contribution is 5.95. The van der Waals surface area contributed by atoms with Crippen molar-refractivity contribution in [3.8, 4) is 11.5 Å². The van der Waals surface area contributed by atoms with Crippen molar-refractivity contribution in [1.29, 1.82) is 0 Å². The first-order valence-corrected chi connectivity index (χ1v) is 6.44. The summed E-state index contributed by atoms with van der Waals surface area (Å²) in [6.07, 6.45) is 2.59. The van der Waals surface area contributed by atoms with Gasteiger partial charge in [-0.1, -0.05) is 0 Å². The summed E-state index contributed by atoms with van der Waals surface area (Å²) in [7, 11) is 0. The second-order valence-electron chi connectivity index (χ2n) is 4.85. The van der Waals surface area contributed by atoms with E-state index in [1.165, 1.54) is 0 Å². The molecule has 0 bridgehead atoms. The van der Waals surface area contributed by atoms with Crippen LogP contribution >= 0.6 is 0 Å². The lowest BCUT2D eigenvalue weighted by Gasteiger charge is -2.22.